The molecular formula is C15H12N2O2. The van der Waals surface area contributed by atoms with Crippen molar-refractivity contribution in [1.82, 2.24) is 4.98 Å². The Morgan fingerprint density at radius 1 is 1.16 bits per heavy atom. The number of ketones is 1. The Balaban J connectivity index is 2.02. The first kappa shape index (κ1) is 11.5. The minimum absolute atomic E-state index is 0.0320. The highest BCUT2D eigenvalue weighted by molar-refractivity contribution is 6.10. The Morgan fingerprint density at radius 3 is 2.84 bits per heavy atom. The van der Waals surface area contributed by atoms with E-state index in [1.54, 1.807) is 24.3 Å². The molecule has 0 radical (unpaired) electrons. The molecule has 0 saturated carbocycles. The van der Waals surface area contributed by atoms with Crippen LogP contribution in [0.5, 0.6) is 0 Å². The summed E-state index contributed by atoms with van der Waals surface area (Å²) in [5.74, 6) is -0.0320. The van der Waals surface area contributed by atoms with Gasteiger partial charge in [-0.25, -0.2) is 4.98 Å². The SMILES string of the molecule is CNc1cccc(C(=O)c2ccc3ncoc3c2)c1. The number of nitrogens with zero attached hydrogens (tertiary/aromatic N) is 1. The number of hydrogen-bond donors (Lipinski definition) is 1. The molecule has 3 aromatic rings. The molecule has 0 fully saturated rings. The van der Waals surface area contributed by atoms with Gasteiger partial charge in [0.2, 0.25) is 0 Å². The third-order valence-corrected chi connectivity index (χ3v) is 3.01. The fraction of sp³-hybridized carbons (Fsp3) is 0.0667. The van der Waals surface area contributed by atoms with E-state index in [4.69, 9.17) is 4.42 Å². The lowest BCUT2D eigenvalue weighted by atomic mass is 10.0. The summed E-state index contributed by atoms with van der Waals surface area (Å²) in [7, 11) is 1.82. The lowest BCUT2D eigenvalue weighted by Gasteiger charge is -2.04. The molecule has 2 aromatic carbocycles. The second-order valence-electron chi connectivity index (χ2n) is 4.19. The molecule has 0 atom stereocenters. The summed E-state index contributed by atoms with van der Waals surface area (Å²) in [4.78, 5) is 16.4. The number of aromatic nitrogens is 1. The summed E-state index contributed by atoms with van der Waals surface area (Å²) in [6.07, 6.45) is 1.38. The predicted octanol–water partition coefficient (Wildman–Crippen LogP) is 3.10. The zero-order chi connectivity index (χ0) is 13.2. The predicted molar refractivity (Wildman–Crippen MR) is 73.4 cm³/mol. The average molecular weight is 252 g/mol. The second-order valence-corrected chi connectivity index (χ2v) is 4.19. The van der Waals surface area contributed by atoms with Crippen molar-refractivity contribution in [3.63, 3.8) is 0 Å². The number of fused-ring (bicyclic) bond motifs is 1. The summed E-state index contributed by atoms with van der Waals surface area (Å²) < 4.78 is 5.21. The fourth-order valence-corrected chi connectivity index (χ4v) is 1.98. The number of rotatable bonds is 3. The van der Waals surface area contributed by atoms with Crippen molar-refractivity contribution in [1.29, 1.82) is 0 Å². The number of benzene rings is 2. The average Bonchev–Trinajstić information content (AvgIpc) is 2.94. The first-order valence-electron chi connectivity index (χ1n) is 5.94. The molecule has 1 N–H and O–H groups in total. The molecule has 0 saturated heterocycles. The van der Waals surface area contributed by atoms with Crippen LogP contribution in [0.1, 0.15) is 15.9 Å². The molecule has 0 spiro atoms. The van der Waals surface area contributed by atoms with Crippen molar-refractivity contribution in [3.8, 4) is 0 Å². The maximum atomic E-state index is 12.4. The van der Waals surface area contributed by atoms with E-state index in [-0.39, 0.29) is 5.78 Å². The molecule has 0 amide bonds. The molecule has 1 heterocycles. The number of anilines is 1. The van der Waals surface area contributed by atoms with Crippen molar-refractivity contribution >= 4 is 22.6 Å². The van der Waals surface area contributed by atoms with E-state index in [9.17, 15) is 4.79 Å². The van der Waals surface area contributed by atoms with Crippen molar-refractivity contribution in [2.45, 2.75) is 0 Å². The highest BCUT2D eigenvalue weighted by Gasteiger charge is 2.11. The van der Waals surface area contributed by atoms with Crippen molar-refractivity contribution in [2.24, 2.45) is 0 Å². The highest BCUT2D eigenvalue weighted by Crippen LogP contribution is 2.18. The normalized spacial score (nSPS) is 10.6. The Hall–Kier alpha value is -2.62. The van der Waals surface area contributed by atoms with Crippen LogP contribution >= 0.6 is 0 Å². The monoisotopic (exact) mass is 252 g/mol. The van der Waals surface area contributed by atoms with Gasteiger partial charge in [0, 0.05) is 23.9 Å². The number of hydrogen-bond acceptors (Lipinski definition) is 4. The minimum Gasteiger partial charge on any atom is -0.443 e. The topological polar surface area (TPSA) is 55.1 Å². The maximum Gasteiger partial charge on any atom is 0.193 e. The van der Waals surface area contributed by atoms with E-state index in [0.29, 0.717) is 16.7 Å². The minimum atomic E-state index is -0.0320. The second kappa shape index (κ2) is 4.57. The summed E-state index contributed by atoms with van der Waals surface area (Å²) in [6, 6.07) is 12.7. The zero-order valence-electron chi connectivity index (χ0n) is 10.4. The third-order valence-electron chi connectivity index (χ3n) is 3.01. The Kier molecular flexibility index (Phi) is 2.76. The van der Waals surface area contributed by atoms with E-state index in [2.05, 4.69) is 10.3 Å². The van der Waals surface area contributed by atoms with Gasteiger partial charge in [0.1, 0.15) is 5.52 Å². The molecule has 4 heteroatoms. The van der Waals surface area contributed by atoms with E-state index >= 15 is 0 Å². The molecule has 0 aliphatic carbocycles. The van der Waals surface area contributed by atoms with Gasteiger partial charge in [-0.1, -0.05) is 12.1 Å². The van der Waals surface area contributed by atoms with E-state index in [1.807, 2.05) is 25.2 Å². The van der Waals surface area contributed by atoms with Gasteiger partial charge in [-0.2, -0.15) is 0 Å². The van der Waals surface area contributed by atoms with Crippen LogP contribution in [0.15, 0.2) is 53.3 Å². The lowest BCUT2D eigenvalue weighted by Crippen LogP contribution is -2.01. The van der Waals surface area contributed by atoms with Crippen LogP contribution in [-0.4, -0.2) is 17.8 Å². The van der Waals surface area contributed by atoms with Gasteiger partial charge < -0.3 is 9.73 Å². The summed E-state index contributed by atoms with van der Waals surface area (Å²) in [5.41, 5.74) is 3.52. The Labute approximate surface area is 110 Å². The third kappa shape index (κ3) is 2.08. The summed E-state index contributed by atoms with van der Waals surface area (Å²) >= 11 is 0. The zero-order valence-corrected chi connectivity index (χ0v) is 10.4. The molecule has 4 nitrogen and oxygen atoms in total. The number of carbonyl (C=O) groups excluding carboxylic acids is 1. The maximum absolute atomic E-state index is 12.4. The molecule has 94 valence electrons. The number of carbonyl (C=O) groups is 1. The molecule has 3 rings (SSSR count). The largest absolute Gasteiger partial charge is 0.443 e. The Bertz CT molecular complexity index is 746. The first-order chi connectivity index (χ1) is 9.28. The molecule has 0 unspecified atom stereocenters. The van der Waals surface area contributed by atoms with Gasteiger partial charge in [0.15, 0.2) is 17.8 Å². The molecule has 19 heavy (non-hydrogen) atoms. The van der Waals surface area contributed by atoms with E-state index < -0.39 is 0 Å². The van der Waals surface area contributed by atoms with Crippen LogP contribution < -0.4 is 5.32 Å². The van der Waals surface area contributed by atoms with Crippen molar-refractivity contribution in [3.05, 3.63) is 60.0 Å². The first-order valence-corrected chi connectivity index (χ1v) is 5.94. The van der Waals surface area contributed by atoms with Crippen molar-refractivity contribution < 1.29 is 9.21 Å². The fourth-order valence-electron chi connectivity index (χ4n) is 1.98. The van der Waals surface area contributed by atoms with Gasteiger partial charge in [0.05, 0.1) is 0 Å². The van der Waals surface area contributed by atoms with Crippen LogP contribution in [0.4, 0.5) is 5.69 Å². The van der Waals surface area contributed by atoms with Crippen LogP contribution in [0.25, 0.3) is 11.1 Å². The number of nitrogens with one attached hydrogen (secondary N) is 1. The van der Waals surface area contributed by atoms with Crippen LogP contribution in [0, 0.1) is 0 Å². The van der Waals surface area contributed by atoms with Crippen LogP contribution in [0.2, 0.25) is 0 Å². The van der Waals surface area contributed by atoms with Crippen molar-refractivity contribution in [2.75, 3.05) is 12.4 Å². The number of oxazole rings is 1. The van der Waals surface area contributed by atoms with Gasteiger partial charge in [0.25, 0.3) is 0 Å². The van der Waals surface area contributed by atoms with Gasteiger partial charge in [-0.05, 0) is 30.3 Å². The quantitative estimate of drug-likeness (QED) is 0.728. The van der Waals surface area contributed by atoms with Gasteiger partial charge in [-0.3, -0.25) is 4.79 Å². The van der Waals surface area contributed by atoms with Gasteiger partial charge >= 0.3 is 0 Å². The molecule has 0 aliphatic heterocycles. The van der Waals surface area contributed by atoms with Gasteiger partial charge in [-0.15, -0.1) is 0 Å². The highest BCUT2D eigenvalue weighted by atomic mass is 16.3. The molecule has 0 aliphatic rings. The lowest BCUT2D eigenvalue weighted by molar-refractivity contribution is 0.103. The standard InChI is InChI=1S/C15H12N2O2/c1-16-12-4-2-3-10(7-12)15(18)11-5-6-13-14(8-11)19-9-17-13/h2-9,16H,1H3. The van der Waals surface area contributed by atoms with E-state index in [1.165, 1.54) is 6.39 Å². The molecule has 1 aromatic heterocycles. The van der Waals surface area contributed by atoms with E-state index in [0.717, 1.165) is 11.2 Å². The molecular weight excluding hydrogens is 240 g/mol. The Morgan fingerprint density at radius 2 is 2.00 bits per heavy atom. The molecule has 0 bridgehead atoms. The van der Waals surface area contributed by atoms with Crippen LogP contribution in [0.3, 0.4) is 0 Å². The van der Waals surface area contributed by atoms with Crippen LogP contribution in [-0.2, 0) is 0 Å². The summed E-state index contributed by atoms with van der Waals surface area (Å²) in [5, 5.41) is 3.02. The smallest absolute Gasteiger partial charge is 0.193 e. The summed E-state index contributed by atoms with van der Waals surface area (Å²) in [6.45, 7) is 0.